The summed E-state index contributed by atoms with van der Waals surface area (Å²) < 4.78 is 68.2. The highest BCUT2D eigenvalue weighted by molar-refractivity contribution is 7.92. The molecule has 3 aromatic carbocycles. The van der Waals surface area contributed by atoms with Crippen molar-refractivity contribution >= 4 is 57.5 Å². The third kappa shape index (κ3) is 6.73. The first-order valence-corrected chi connectivity index (χ1v) is 13.0. The van der Waals surface area contributed by atoms with Gasteiger partial charge in [0.1, 0.15) is 0 Å². The molecule has 0 aliphatic carbocycles. The highest BCUT2D eigenvalue weighted by atomic mass is 32.2. The molecule has 0 unspecified atom stereocenters. The fourth-order valence-corrected chi connectivity index (χ4v) is 4.66. The van der Waals surface area contributed by atoms with Gasteiger partial charge in [-0.1, -0.05) is 22.4 Å². The molecule has 0 fully saturated rings. The number of carbonyl (C=O) groups is 2. The van der Waals surface area contributed by atoms with Crippen LogP contribution < -0.4 is 15.1 Å². The van der Waals surface area contributed by atoms with E-state index in [4.69, 9.17) is 17.6 Å². The molecular weight excluding hydrogens is 589 g/mol. The number of hydroxylamine groups is 1. The number of aromatic amines is 1. The van der Waals surface area contributed by atoms with Crippen molar-refractivity contribution in [2.45, 2.75) is 11.1 Å². The lowest BCUT2D eigenvalue weighted by molar-refractivity contribution is -0.175. The topological polar surface area (TPSA) is 175 Å². The third-order valence-corrected chi connectivity index (χ3v) is 6.82. The number of halogens is 3. The van der Waals surface area contributed by atoms with E-state index in [0.717, 1.165) is 24.3 Å². The Morgan fingerprint density at radius 1 is 1.05 bits per heavy atom. The van der Waals surface area contributed by atoms with Gasteiger partial charge in [0, 0.05) is 16.9 Å². The van der Waals surface area contributed by atoms with E-state index in [1.807, 2.05) is 0 Å². The Balaban J connectivity index is 1.49. The SMILES string of the molecule is N=CON(C(=O)C(F)(F)F)c1ccc(NS(=O)(=O)c2cccc(NC(=O)c3cccc(-n4[nH]nnc4=S)c3)c2)cc1. The molecule has 0 aliphatic rings. The van der Waals surface area contributed by atoms with E-state index in [1.165, 1.54) is 41.1 Å². The predicted molar refractivity (Wildman–Crippen MR) is 142 cm³/mol. The molecule has 13 nitrogen and oxygen atoms in total. The number of nitrogens with zero attached hydrogens (tertiary/aromatic N) is 4. The number of hydrogen-bond acceptors (Lipinski definition) is 9. The summed E-state index contributed by atoms with van der Waals surface area (Å²) in [5, 5.41) is 19.1. The molecule has 4 rings (SSSR count). The quantitative estimate of drug-likeness (QED) is 0.0963. The van der Waals surface area contributed by atoms with Crippen molar-refractivity contribution in [1.29, 1.82) is 5.41 Å². The Kier molecular flexibility index (Phi) is 8.15. The van der Waals surface area contributed by atoms with Crippen LogP contribution in [0.2, 0.25) is 0 Å². The van der Waals surface area contributed by atoms with Gasteiger partial charge in [0.15, 0.2) is 0 Å². The van der Waals surface area contributed by atoms with Gasteiger partial charge in [-0.25, -0.2) is 13.1 Å². The van der Waals surface area contributed by atoms with Gasteiger partial charge in [0.2, 0.25) is 11.2 Å². The number of sulfonamides is 1. The van der Waals surface area contributed by atoms with Gasteiger partial charge in [-0.3, -0.25) is 19.7 Å². The molecule has 0 bridgehead atoms. The van der Waals surface area contributed by atoms with Crippen LogP contribution in [0.25, 0.3) is 5.69 Å². The van der Waals surface area contributed by atoms with Gasteiger partial charge in [0.05, 0.1) is 16.3 Å². The maximum absolute atomic E-state index is 13.0. The molecule has 0 aliphatic heterocycles. The zero-order valence-corrected chi connectivity index (χ0v) is 21.9. The molecule has 1 aromatic heterocycles. The van der Waals surface area contributed by atoms with Crippen molar-refractivity contribution in [2.75, 3.05) is 15.1 Å². The van der Waals surface area contributed by atoms with Crippen LogP contribution in [0.3, 0.4) is 0 Å². The van der Waals surface area contributed by atoms with Crippen molar-refractivity contribution in [3.63, 3.8) is 0 Å². The molecule has 1 heterocycles. The summed E-state index contributed by atoms with van der Waals surface area (Å²) >= 11 is 5.05. The van der Waals surface area contributed by atoms with E-state index in [-0.39, 0.29) is 38.1 Å². The fraction of sp³-hybridized carbons (Fsp3) is 0.0435. The zero-order valence-electron chi connectivity index (χ0n) is 20.3. The molecule has 2 amide bonds. The van der Waals surface area contributed by atoms with E-state index in [2.05, 4.69) is 30.4 Å². The van der Waals surface area contributed by atoms with Crippen LogP contribution >= 0.6 is 12.2 Å². The van der Waals surface area contributed by atoms with E-state index in [0.29, 0.717) is 5.69 Å². The Labute approximate surface area is 234 Å². The lowest BCUT2D eigenvalue weighted by atomic mass is 10.2. The molecule has 41 heavy (non-hydrogen) atoms. The van der Waals surface area contributed by atoms with Gasteiger partial charge >= 0.3 is 12.1 Å². The number of aromatic nitrogens is 4. The Hall–Kier alpha value is -5.10. The number of benzene rings is 3. The summed E-state index contributed by atoms with van der Waals surface area (Å²) in [6.45, 7) is 0. The molecule has 4 N–H and O–H groups in total. The summed E-state index contributed by atoms with van der Waals surface area (Å²) in [6.07, 6.45) is -5.15. The highest BCUT2D eigenvalue weighted by Crippen LogP contribution is 2.26. The molecular formula is C23H17F3N8O5S2. The molecule has 0 radical (unpaired) electrons. The normalized spacial score (nSPS) is 11.4. The summed E-state index contributed by atoms with van der Waals surface area (Å²) in [5.74, 6) is -2.93. The molecule has 0 saturated heterocycles. The van der Waals surface area contributed by atoms with Crippen LogP contribution in [0.5, 0.6) is 0 Å². The molecule has 0 spiro atoms. The third-order valence-electron chi connectivity index (χ3n) is 5.18. The van der Waals surface area contributed by atoms with Crippen molar-refractivity contribution in [2.24, 2.45) is 0 Å². The number of alkyl halides is 3. The Morgan fingerprint density at radius 3 is 2.39 bits per heavy atom. The summed E-state index contributed by atoms with van der Waals surface area (Å²) in [4.78, 5) is 28.5. The van der Waals surface area contributed by atoms with Crippen molar-refractivity contribution < 1.29 is 36.0 Å². The minimum Gasteiger partial charge on any atom is -0.360 e. The van der Waals surface area contributed by atoms with Gasteiger partial charge in [-0.15, -0.1) is 5.06 Å². The fourth-order valence-electron chi connectivity index (χ4n) is 3.37. The van der Waals surface area contributed by atoms with E-state index in [1.54, 1.807) is 12.1 Å². The minimum absolute atomic E-state index is 0.0545. The highest BCUT2D eigenvalue weighted by Gasteiger charge is 2.44. The number of hydrogen-bond donors (Lipinski definition) is 4. The van der Waals surface area contributed by atoms with E-state index in [9.17, 15) is 31.2 Å². The lowest BCUT2D eigenvalue weighted by Gasteiger charge is -2.21. The standard InChI is InChI=1S/C23H17F3N8O5S2/c24-23(25,26)21(36)34(39-13-27)17-9-7-15(8-10-17)30-41(37,38)19-6-2-4-16(12-19)28-20(35)14-3-1-5-18(11-14)33-22(40)29-31-32-33/h1-13,27,30H,(H,28,35)(H,29,32,40). The lowest BCUT2D eigenvalue weighted by Crippen LogP contribution is -2.41. The number of rotatable bonds is 9. The van der Waals surface area contributed by atoms with Crippen LogP contribution in [0, 0.1) is 10.2 Å². The Morgan fingerprint density at radius 2 is 1.76 bits per heavy atom. The smallest absolute Gasteiger partial charge is 0.360 e. The van der Waals surface area contributed by atoms with Crippen molar-refractivity contribution in [3.05, 3.63) is 83.1 Å². The van der Waals surface area contributed by atoms with Crippen LogP contribution in [-0.2, 0) is 19.7 Å². The second-order valence-electron chi connectivity index (χ2n) is 7.92. The Bertz CT molecular complexity index is 1770. The van der Waals surface area contributed by atoms with E-state index < -0.39 is 33.7 Å². The number of H-pyrrole nitrogens is 1. The van der Waals surface area contributed by atoms with Crippen LogP contribution in [0.1, 0.15) is 10.4 Å². The number of amides is 2. The first-order chi connectivity index (χ1) is 19.4. The summed E-state index contributed by atoms with van der Waals surface area (Å²) in [5.41, 5.74) is 0.424. The van der Waals surface area contributed by atoms with Crippen molar-refractivity contribution in [1.82, 2.24) is 20.2 Å². The molecule has 18 heteroatoms. The van der Waals surface area contributed by atoms with Gasteiger partial charge in [-0.2, -0.15) is 18.4 Å². The number of tetrazole rings is 1. The number of anilines is 3. The summed E-state index contributed by atoms with van der Waals surface area (Å²) in [6, 6.07) is 15.8. The van der Waals surface area contributed by atoms with Gasteiger partial charge in [0.25, 0.3) is 15.9 Å². The first-order valence-electron chi connectivity index (χ1n) is 11.1. The molecule has 0 saturated carbocycles. The average Bonchev–Trinajstić information content (AvgIpc) is 3.37. The van der Waals surface area contributed by atoms with E-state index >= 15 is 0 Å². The number of carbonyl (C=O) groups excluding carboxylic acids is 2. The van der Waals surface area contributed by atoms with Gasteiger partial charge < -0.3 is 10.2 Å². The van der Waals surface area contributed by atoms with Gasteiger partial charge in [-0.05, 0) is 72.9 Å². The number of nitrogens with one attached hydrogen (secondary N) is 4. The zero-order chi connectivity index (χ0) is 29.8. The second-order valence-corrected chi connectivity index (χ2v) is 9.97. The monoisotopic (exact) mass is 606 g/mol. The van der Waals surface area contributed by atoms with Crippen LogP contribution in [0.15, 0.2) is 77.7 Å². The second kappa shape index (κ2) is 11.6. The predicted octanol–water partition coefficient (Wildman–Crippen LogP) is 3.81. The molecule has 0 atom stereocenters. The average molecular weight is 607 g/mol. The van der Waals surface area contributed by atoms with Crippen LogP contribution in [-0.4, -0.2) is 53.0 Å². The van der Waals surface area contributed by atoms with Crippen molar-refractivity contribution in [3.8, 4) is 5.69 Å². The first kappa shape index (κ1) is 28.9. The summed E-state index contributed by atoms with van der Waals surface area (Å²) in [7, 11) is -4.22. The molecule has 212 valence electrons. The molecule has 4 aromatic rings. The maximum atomic E-state index is 13.0. The minimum atomic E-state index is -5.28. The maximum Gasteiger partial charge on any atom is 0.474 e. The largest absolute Gasteiger partial charge is 0.474 e. The van der Waals surface area contributed by atoms with Crippen LogP contribution in [0.4, 0.5) is 30.2 Å².